The van der Waals surface area contributed by atoms with Crippen molar-refractivity contribution in [2.75, 3.05) is 6.61 Å². The number of aliphatic carboxylic acids is 1. The molecule has 0 aromatic heterocycles. The van der Waals surface area contributed by atoms with Gasteiger partial charge in [0.25, 0.3) is 5.91 Å². The summed E-state index contributed by atoms with van der Waals surface area (Å²) < 4.78 is 18.4. The standard InChI is InChI=1S/C15H20FNO4/c1-14(2,13(19)20)15(3,4)17-12(18)9-21-11-8-6-5-7-10(11)16/h5-8H,9H2,1-4H3,(H,17,18)(H,19,20). The van der Waals surface area contributed by atoms with Crippen LogP contribution >= 0.6 is 0 Å². The summed E-state index contributed by atoms with van der Waals surface area (Å²) in [5, 5.41) is 11.8. The lowest BCUT2D eigenvalue weighted by atomic mass is 9.74. The lowest BCUT2D eigenvalue weighted by Crippen LogP contribution is -2.57. The Kier molecular flexibility index (Phi) is 4.93. The van der Waals surface area contributed by atoms with Gasteiger partial charge in [-0.15, -0.1) is 0 Å². The fourth-order valence-electron chi connectivity index (χ4n) is 1.51. The Labute approximate surface area is 123 Å². The van der Waals surface area contributed by atoms with Crippen LogP contribution in [0.1, 0.15) is 27.7 Å². The molecule has 1 aromatic rings. The number of amides is 1. The van der Waals surface area contributed by atoms with E-state index >= 15 is 0 Å². The SMILES string of the molecule is CC(C)(NC(=O)COc1ccccc1F)C(C)(C)C(=O)O. The predicted molar refractivity (Wildman–Crippen MR) is 75.5 cm³/mol. The zero-order valence-corrected chi connectivity index (χ0v) is 12.6. The largest absolute Gasteiger partial charge is 0.481 e. The minimum absolute atomic E-state index is 0.0250. The van der Waals surface area contributed by atoms with Crippen LogP contribution in [0.25, 0.3) is 0 Å². The molecular formula is C15H20FNO4. The quantitative estimate of drug-likeness (QED) is 0.844. The van der Waals surface area contributed by atoms with Crippen LogP contribution in [0.3, 0.4) is 0 Å². The summed E-state index contributed by atoms with van der Waals surface area (Å²) in [4.78, 5) is 23.1. The number of hydrogen-bond donors (Lipinski definition) is 2. The molecule has 5 nitrogen and oxygen atoms in total. The number of carbonyl (C=O) groups is 2. The van der Waals surface area contributed by atoms with Gasteiger partial charge in [0, 0.05) is 0 Å². The molecule has 116 valence electrons. The van der Waals surface area contributed by atoms with E-state index in [1.165, 1.54) is 32.0 Å². The van der Waals surface area contributed by atoms with E-state index < -0.39 is 28.6 Å². The summed E-state index contributed by atoms with van der Waals surface area (Å²) >= 11 is 0. The second kappa shape index (κ2) is 6.11. The van der Waals surface area contributed by atoms with Crippen molar-refractivity contribution >= 4 is 11.9 Å². The van der Waals surface area contributed by atoms with E-state index in [-0.39, 0.29) is 12.4 Å². The predicted octanol–water partition coefficient (Wildman–Crippen LogP) is 2.21. The number of carboxylic acids is 1. The van der Waals surface area contributed by atoms with E-state index in [0.717, 1.165) is 0 Å². The van der Waals surface area contributed by atoms with Crippen LogP contribution < -0.4 is 10.1 Å². The topological polar surface area (TPSA) is 75.6 Å². The van der Waals surface area contributed by atoms with Gasteiger partial charge in [-0.1, -0.05) is 12.1 Å². The second-order valence-corrected chi connectivity index (χ2v) is 5.82. The summed E-state index contributed by atoms with van der Waals surface area (Å²) in [6, 6.07) is 5.74. The zero-order chi connectivity index (χ0) is 16.3. The zero-order valence-electron chi connectivity index (χ0n) is 12.6. The number of nitrogens with one attached hydrogen (secondary N) is 1. The normalized spacial score (nSPS) is 11.9. The first kappa shape index (κ1) is 16.9. The number of ether oxygens (including phenoxy) is 1. The molecule has 0 heterocycles. The monoisotopic (exact) mass is 297 g/mol. The maximum absolute atomic E-state index is 13.3. The van der Waals surface area contributed by atoms with E-state index in [0.29, 0.717) is 0 Å². The first-order chi connectivity index (χ1) is 9.58. The molecule has 0 saturated carbocycles. The maximum Gasteiger partial charge on any atom is 0.311 e. The van der Waals surface area contributed by atoms with Gasteiger partial charge in [-0.25, -0.2) is 4.39 Å². The first-order valence-corrected chi connectivity index (χ1v) is 6.49. The fourth-order valence-corrected chi connectivity index (χ4v) is 1.51. The minimum Gasteiger partial charge on any atom is -0.481 e. The highest BCUT2D eigenvalue weighted by atomic mass is 19.1. The van der Waals surface area contributed by atoms with Crippen molar-refractivity contribution in [1.82, 2.24) is 5.32 Å². The molecular weight excluding hydrogens is 277 g/mol. The number of para-hydroxylation sites is 1. The summed E-state index contributed by atoms with van der Waals surface area (Å²) in [5.74, 6) is -2.13. The van der Waals surface area contributed by atoms with Gasteiger partial charge in [0.05, 0.1) is 11.0 Å². The number of rotatable bonds is 6. The van der Waals surface area contributed by atoms with E-state index in [1.807, 2.05) is 0 Å². The summed E-state index contributed by atoms with van der Waals surface area (Å²) in [7, 11) is 0. The molecule has 0 saturated heterocycles. The van der Waals surface area contributed by atoms with Crippen molar-refractivity contribution in [2.45, 2.75) is 33.2 Å². The Bertz CT molecular complexity index is 540. The molecule has 1 rings (SSSR count). The third-order valence-electron chi connectivity index (χ3n) is 3.74. The van der Waals surface area contributed by atoms with Gasteiger partial charge in [0.15, 0.2) is 18.2 Å². The second-order valence-electron chi connectivity index (χ2n) is 5.82. The molecule has 0 aliphatic heterocycles. The Morgan fingerprint density at radius 1 is 1.24 bits per heavy atom. The average molecular weight is 297 g/mol. The van der Waals surface area contributed by atoms with Gasteiger partial charge in [-0.2, -0.15) is 0 Å². The number of benzene rings is 1. The van der Waals surface area contributed by atoms with Crippen molar-refractivity contribution in [1.29, 1.82) is 0 Å². The molecule has 0 unspecified atom stereocenters. The van der Waals surface area contributed by atoms with Crippen LogP contribution in [-0.2, 0) is 9.59 Å². The van der Waals surface area contributed by atoms with Crippen LogP contribution in [-0.4, -0.2) is 29.1 Å². The summed E-state index contributed by atoms with van der Waals surface area (Å²) in [5.41, 5.74) is -2.16. The van der Waals surface area contributed by atoms with Crippen molar-refractivity contribution in [3.63, 3.8) is 0 Å². The van der Waals surface area contributed by atoms with E-state index in [9.17, 15) is 19.1 Å². The number of halogens is 1. The van der Waals surface area contributed by atoms with Crippen LogP contribution in [0.5, 0.6) is 5.75 Å². The highest BCUT2D eigenvalue weighted by molar-refractivity contribution is 5.81. The van der Waals surface area contributed by atoms with Gasteiger partial charge < -0.3 is 15.2 Å². The highest BCUT2D eigenvalue weighted by Gasteiger charge is 2.44. The average Bonchev–Trinajstić information content (AvgIpc) is 2.36. The first-order valence-electron chi connectivity index (χ1n) is 6.49. The summed E-state index contributed by atoms with van der Waals surface area (Å²) in [6.07, 6.45) is 0. The summed E-state index contributed by atoms with van der Waals surface area (Å²) in [6.45, 7) is 5.88. The lowest BCUT2D eigenvalue weighted by molar-refractivity contribution is -0.152. The molecule has 0 aliphatic carbocycles. The van der Waals surface area contributed by atoms with Crippen molar-refractivity contribution in [2.24, 2.45) is 5.41 Å². The van der Waals surface area contributed by atoms with Gasteiger partial charge in [0.2, 0.25) is 0 Å². The Balaban J connectivity index is 2.66. The maximum atomic E-state index is 13.3. The fraction of sp³-hybridized carbons (Fsp3) is 0.467. The highest BCUT2D eigenvalue weighted by Crippen LogP contribution is 2.30. The van der Waals surface area contributed by atoms with E-state index in [4.69, 9.17) is 4.74 Å². The van der Waals surface area contributed by atoms with Crippen LogP contribution in [0.2, 0.25) is 0 Å². The van der Waals surface area contributed by atoms with Crippen molar-refractivity contribution in [3.8, 4) is 5.75 Å². The van der Waals surface area contributed by atoms with Gasteiger partial charge in [0.1, 0.15) is 0 Å². The van der Waals surface area contributed by atoms with Crippen LogP contribution in [0.15, 0.2) is 24.3 Å². The van der Waals surface area contributed by atoms with Gasteiger partial charge in [-0.05, 0) is 39.8 Å². The minimum atomic E-state index is -1.17. The van der Waals surface area contributed by atoms with E-state index in [1.54, 1.807) is 19.9 Å². The molecule has 1 aromatic carbocycles. The molecule has 0 radical (unpaired) electrons. The molecule has 21 heavy (non-hydrogen) atoms. The lowest BCUT2D eigenvalue weighted by Gasteiger charge is -2.38. The molecule has 6 heteroatoms. The third kappa shape index (κ3) is 3.93. The van der Waals surface area contributed by atoms with Gasteiger partial charge >= 0.3 is 5.97 Å². The van der Waals surface area contributed by atoms with Crippen molar-refractivity contribution < 1.29 is 23.8 Å². The third-order valence-corrected chi connectivity index (χ3v) is 3.74. The number of carbonyl (C=O) groups excluding carboxylic acids is 1. The van der Waals surface area contributed by atoms with E-state index in [2.05, 4.69) is 5.32 Å². The Morgan fingerprint density at radius 3 is 2.33 bits per heavy atom. The Morgan fingerprint density at radius 2 is 1.81 bits per heavy atom. The number of hydrogen-bond acceptors (Lipinski definition) is 3. The van der Waals surface area contributed by atoms with Gasteiger partial charge in [-0.3, -0.25) is 9.59 Å². The molecule has 0 atom stereocenters. The molecule has 0 bridgehead atoms. The molecule has 1 amide bonds. The molecule has 2 N–H and O–H groups in total. The Hall–Kier alpha value is -2.11. The molecule has 0 fully saturated rings. The molecule has 0 aliphatic rings. The van der Waals surface area contributed by atoms with Crippen LogP contribution in [0, 0.1) is 11.2 Å². The smallest absolute Gasteiger partial charge is 0.311 e. The van der Waals surface area contributed by atoms with Crippen LogP contribution in [0.4, 0.5) is 4.39 Å². The van der Waals surface area contributed by atoms with Crippen molar-refractivity contribution in [3.05, 3.63) is 30.1 Å². The number of carboxylic acid groups (broad SMARTS) is 1. The molecule has 0 spiro atoms.